The van der Waals surface area contributed by atoms with Crippen molar-refractivity contribution in [3.8, 4) is 5.88 Å². The van der Waals surface area contributed by atoms with Crippen molar-refractivity contribution in [1.82, 2.24) is 9.97 Å². The quantitative estimate of drug-likeness (QED) is 0.631. The Morgan fingerprint density at radius 1 is 1.29 bits per heavy atom. The Kier molecular flexibility index (Phi) is 3.80. The Morgan fingerprint density at radius 3 is 2.50 bits per heavy atom. The normalized spacial score (nSPS) is 11.1. The molecule has 0 aliphatic heterocycles. The highest BCUT2D eigenvalue weighted by atomic mass is 16.3. The maximum Gasteiger partial charge on any atom is 0.325 e. The summed E-state index contributed by atoms with van der Waals surface area (Å²) in [6, 6.07) is 0. The first kappa shape index (κ1) is 10.9. The largest absolute Gasteiger partial charge is 0.493 e. The van der Waals surface area contributed by atoms with Crippen LogP contribution in [0.15, 0.2) is 4.79 Å². The lowest BCUT2D eigenvalue weighted by Crippen LogP contribution is -2.01. The van der Waals surface area contributed by atoms with Gasteiger partial charge in [0, 0.05) is 0 Å². The Hall–Kier alpha value is -1.19. The molecule has 0 fully saturated rings. The SMILES string of the molecule is CC(C)CCCCc1[nH]c(=O)[nH]c1O. The summed E-state index contributed by atoms with van der Waals surface area (Å²) in [7, 11) is 0. The maximum atomic E-state index is 10.8. The van der Waals surface area contributed by atoms with Crippen LogP contribution in [-0.2, 0) is 6.42 Å². The third kappa shape index (κ3) is 3.28. The van der Waals surface area contributed by atoms with Crippen molar-refractivity contribution in [2.24, 2.45) is 5.92 Å². The monoisotopic (exact) mass is 198 g/mol. The third-order valence-corrected chi connectivity index (χ3v) is 2.24. The highest BCUT2D eigenvalue weighted by molar-refractivity contribution is 5.15. The number of hydrogen-bond acceptors (Lipinski definition) is 2. The molecule has 3 N–H and O–H groups in total. The molecule has 1 aromatic rings. The van der Waals surface area contributed by atoms with E-state index in [0.717, 1.165) is 19.3 Å². The minimum absolute atomic E-state index is 0.0143. The van der Waals surface area contributed by atoms with Gasteiger partial charge in [-0.15, -0.1) is 0 Å². The van der Waals surface area contributed by atoms with Gasteiger partial charge in [-0.05, 0) is 18.8 Å². The van der Waals surface area contributed by atoms with E-state index in [1.54, 1.807) is 0 Å². The van der Waals surface area contributed by atoms with Crippen molar-refractivity contribution in [2.45, 2.75) is 39.5 Å². The molecule has 1 aromatic heterocycles. The Bertz CT molecular complexity index is 325. The zero-order valence-corrected chi connectivity index (χ0v) is 8.76. The van der Waals surface area contributed by atoms with Gasteiger partial charge in [-0.2, -0.15) is 0 Å². The van der Waals surface area contributed by atoms with Crippen LogP contribution in [0, 0.1) is 5.92 Å². The molecule has 0 bridgehead atoms. The summed E-state index contributed by atoms with van der Waals surface area (Å²) in [5.41, 5.74) is 0.292. The number of unbranched alkanes of at least 4 members (excludes halogenated alkanes) is 1. The zero-order chi connectivity index (χ0) is 10.6. The molecule has 0 aromatic carbocycles. The number of hydrogen-bond donors (Lipinski definition) is 3. The number of aryl methyl sites for hydroxylation is 1. The molecule has 0 saturated heterocycles. The van der Waals surface area contributed by atoms with E-state index in [2.05, 4.69) is 23.8 Å². The number of aromatic amines is 2. The Balaban J connectivity index is 2.31. The standard InChI is InChI=1S/C10H18N2O2/c1-7(2)5-3-4-6-8-9(13)12-10(14)11-8/h7,13H,3-6H2,1-2H3,(H2,11,12,14). The highest BCUT2D eigenvalue weighted by Gasteiger charge is 2.04. The molecule has 1 rings (SSSR count). The first-order valence-electron chi connectivity index (χ1n) is 5.09. The summed E-state index contributed by atoms with van der Waals surface area (Å²) in [6.07, 6.45) is 4.05. The van der Waals surface area contributed by atoms with Gasteiger partial charge in [-0.25, -0.2) is 4.79 Å². The summed E-state index contributed by atoms with van der Waals surface area (Å²) in [5.74, 6) is 0.702. The number of aromatic nitrogens is 2. The summed E-state index contributed by atoms with van der Waals surface area (Å²) in [6.45, 7) is 4.38. The fourth-order valence-corrected chi connectivity index (χ4v) is 1.45. The van der Waals surface area contributed by atoms with Gasteiger partial charge >= 0.3 is 5.69 Å². The summed E-state index contributed by atoms with van der Waals surface area (Å²) < 4.78 is 0. The van der Waals surface area contributed by atoms with Crippen LogP contribution in [0.5, 0.6) is 5.88 Å². The number of rotatable bonds is 5. The van der Waals surface area contributed by atoms with Gasteiger partial charge < -0.3 is 10.1 Å². The molecular weight excluding hydrogens is 180 g/mol. The smallest absolute Gasteiger partial charge is 0.325 e. The van der Waals surface area contributed by atoms with Gasteiger partial charge in [0.25, 0.3) is 0 Å². The molecule has 0 aliphatic rings. The topological polar surface area (TPSA) is 68.9 Å². The van der Waals surface area contributed by atoms with E-state index in [1.807, 2.05) is 0 Å². The van der Waals surface area contributed by atoms with Crippen LogP contribution in [0.3, 0.4) is 0 Å². The lowest BCUT2D eigenvalue weighted by Gasteiger charge is -2.02. The van der Waals surface area contributed by atoms with Crippen molar-refractivity contribution in [1.29, 1.82) is 0 Å². The van der Waals surface area contributed by atoms with Crippen LogP contribution in [0.1, 0.15) is 38.8 Å². The first-order valence-corrected chi connectivity index (χ1v) is 5.09. The molecule has 14 heavy (non-hydrogen) atoms. The lowest BCUT2D eigenvalue weighted by atomic mass is 10.0. The van der Waals surface area contributed by atoms with E-state index in [9.17, 15) is 9.90 Å². The predicted molar refractivity (Wildman–Crippen MR) is 55.5 cm³/mol. The molecule has 4 nitrogen and oxygen atoms in total. The van der Waals surface area contributed by atoms with Crippen LogP contribution in [0.2, 0.25) is 0 Å². The van der Waals surface area contributed by atoms with Crippen LogP contribution >= 0.6 is 0 Å². The van der Waals surface area contributed by atoms with Crippen molar-refractivity contribution in [2.75, 3.05) is 0 Å². The van der Waals surface area contributed by atoms with Crippen molar-refractivity contribution in [3.63, 3.8) is 0 Å². The van der Waals surface area contributed by atoms with E-state index >= 15 is 0 Å². The average molecular weight is 198 g/mol. The zero-order valence-electron chi connectivity index (χ0n) is 8.76. The van der Waals surface area contributed by atoms with Crippen LogP contribution in [0.25, 0.3) is 0 Å². The van der Waals surface area contributed by atoms with E-state index in [1.165, 1.54) is 6.42 Å². The van der Waals surface area contributed by atoms with Crippen molar-refractivity contribution >= 4 is 0 Å². The van der Waals surface area contributed by atoms with E-state index in [-0.39, 0.29) is 11.6 Å². The summed E-state index contributed by atoms with van der Waals surface area (Å²) >= 11 is 0. The van der Waals surface area contributed by atoms with Gasteiger partial charge in [-0.3, -0.25) is 4.98 Å². The molecule has 4 heteroatoms. The minimum Gasteiger partial charge on any atom is -0.493 e. The first-order chi connectivity index (χ1) is 6.59. The second-order valence-electron chi connectivity index (χ2n) is 4.05. The van der Waals surface area contributed by atoms with Gasteiger partial charge in [0.2, 0.25) is 5.88 Å². The summed E-state index contributed by atoms with van der Waals surface area (Å²) in [4.78, 5) is 15.7. The van der Waals surface area contributed by atoms with Crippen LogP contribution < -0.4 is 5.69 Å². The predicted octanol–water partition coefficient (Wildman–Crippen LogP) is 1.78. The Labute approximate surface area is 83.4 Å². The second kappa shape index (κ2) is 4.88. The number of nitrogens with one attached hydrogen (secondary N) is 2. The molecule has 80 valence electrons. The minimum atomic E-state index is -0.332. The molecule has 0 atom stereocenters. The molecule has 0 radical (unpaired) electrons. The molecule has 0 aliphatic carbocycles. The maximum absolute atomic E-state index is 10.8. The average Bonchev–Trinajstić information content (AvgIpc) is 2.39. The molecule has 0 unspecified atom stereocenters. The van der Waals surface area contributed by atoms with E-state index in [0.29, 0.717) is 11.6 Å². The molecular formula is C10H18N2O2. The molecule has 0 spiro atoms. The number of aromatic hydroxyl groups is 1. The number of H-pyrrole nitrogens is 2. The highest BCUT2D eigenvalue weighted by Crippen LogP contribution is 2.13. The summed E-state index contributed by atoms with van der Waals surface area (Å²) in [5, 5.41) is 9.25. The van der Waals surface area contributed by atoms with Crippen molar-refractivity contribution in [3.05, 3.63) is 16.2 Å². The number of imidazole rings is 1. The lowest BCUT2D eigenvalue weighted by molar-refractivity contribution is 0.446. The molecule has 0 amide bonds. The van der Waals surface area contributed by atoms with Crippen LogP contribution in [-0.4, -0.2) is 15.1 Å². The fourth-order valence-electron chi connectivity index (χ4n) is 1.45. The van der Waals surface area contributed by atoms with Gasteiger partial charge in [0.15, 0.2) is 0 Å². The Morgan fingerprint density at radius 2 is 2.00 bits per heavy atom. The van der Waals surface area contributed by atoms with E-state index in [4.69, 9.17) is 0 Å². The second-order valence-corrected chi connectivity index (χ2v) is 4.05. The third-order valence-electron chi connectivity index (χ3n) is 2.24. The molecule has 0 saturated carbocycles. The van der Waals surface area contributed by atoms with E-state index < -0.39 is 0 Å². The van der Waals surface area contributed by atoms with Gasteiger partial charge in [0.05, 0.1) is 5.69 Å². The van der Waals surface area contributed by atoms with Gasteiger partial charge in [-0.1, -0.05) is 26.7 Å². The van der Waals surface area contributed by atoms with Crippen molar-refractivity contribution < 1.29 is 5.11 Å². The molecule has 1 heterocycles. The fraction of sp³-hybridized carbons (Fsp3) is 0.700. The van der Waals surface area contributed by atoms with Gasteiger partial charge in [0.1, 0.15) is 0 Å². The van der Waals surface area contributed by atoms with Crippen LogP contribution in [0.4, 0.5) is 0 Å².